The smallest absolute Gasteiger partial charge is 0.362 e. The first-order chi connectivity index (χ1) is 17.8. The number of β-lactam (4-membered cyclic amide) rings is 1. The molecule has 0 bridgehead atoms. The summed E-state index contributed by atoms with van der Waals surface area (Å²) in [5, 5.41) is 34.4. The van der Waals surface area contributed by atoms with E-state index in [0.29, 0.717) is 5.69 Å². The fraction of sp³-hybridized carbons (Fsp3) is 0.412. The Hall–Kier alpha value is -4.37. The van der Waals surface area contributed by atoms with Crippen LogP contribution in [0.25, 0.3) is 0 Å². The number of guanidine groups is 1. The highest BCUT2D eigenvalue weighted by atomic mass is 32.2. The summed E-state index contributed by atoms with van der Waals surface area (Å²) in [4.78, 5) is 47.2. The van der Waals surface area contributed by atoms with Crippen LogP contribution in [0.4, 0.5) is 5.13 Å². The first-order valence-corrected chi connectivity index (χ1v) is 12.9. The number of thiazole rings is 1. The number of carboxylic acid groups (broad SMARTS) is 1. The second kappa shape index (κ2) is 9.83. The molecule has 4 rings (SSSR count). The van der Waals surface area contributed by atoms with Crippen LogP contribution in [-0.4, -0.2) is 89.5 Å². The summed E-state index contributed by atoms with van der Waals surface area (Å²) in [7, 11) is -5.01. The quantitative estimate of drug-likeness (QED) is 0.0460. The van der Waals surface area contributed by atoms with Crippen molar-refractivity contribution >= 4 is 56.2 Å². The number of hydrogen-bond donors (Lipinski definition) is 7. The van der Waals surface area contributed by atoms with E-state index in [1.54, 1.807) is 0 Å². The van der Waals surface area contributed by atoms with Gasteiger partial charge in [0.15, 0.2) is 16.8 Å². The van der Waals surface area contributed by atoms with Gasteiger partial charge in [0.1, 0.15) is 23.5 Å². The van der Waals surface area contributed by atoms with Gasteiger partial charge in [0, 0.05) is 18.2 Å². The Morgan fingerprint density at radius 3 is 2.66 bits per heavy atom. The van der Waals surface area contributed by atoms with Gasteiger partial charge in [0.2, 0.25) is 5.60 Å². The zero-order valence-electron chi connectivity index (χ0n) is 19.1. The van der Waals surface area contributed by atoms with E-state index < -0.39 is 51.5 Å². The summed E-state index contributed by atoms with van der Waals surface area (Å²) in [6, 6.07) is -2.83. The summed E-state index contributed by atoms with van der Waals surface area (Å²) in [6.07, 6.45) is 1.62. The largest absolute Gasteiger partial charge is 0.478 e. The van der Waals surface area contributed by atoms with Gasteiger partial charge in [-0.05, 0) is 0 Å². The van der Waals surface area contributed by atoms with Crippen LogP contribution in [-0.2, 0) is 42.6 Å². The number of aromatic nitrogens is 4. The molecule has 19 nitrogen and oxygen atoms in total. The number of hydrogen-bond acceptors (Lipinski definition) is 13. The van der Waals surface area contributed by atoms with Crippen molar-refractivity contribution in [2.75, 3.05) is 5.73 Å². The zero-order valence-corrected chi connectivity index (χ0v) is 20.8. The van der Waals surface area contributed by atoms with Crippen LogP contribution in [0.5, 0.6) is 0 Å². The van der Waals surface area contributed by atoms with Crippen LogP contribution >= 0.6 is 11.3 Å². The number of nitrogens with one attached hydrogen (secondary N) is 3. The van der Waals surface area contributed by atoms with Crippen LogP contribution in [0.1, 0.15) is 24.2 Å². The summed E-state index contributed by atoms with van der Waals surface area (Å²) in [5.74, 6) is -3.79. The highest BCUT2D eigenvalue weighted by Gasteiger charge is 2.56. The molecule has 21 heteroatoms. The molecule has 38 heavy (non-hydrogen) atoms. The first kappa shape index (κ1) is 26.7. The first-order valence-electron chi connectivity index (χ1n) is 10.6. The molecular weight excluding hydrogens is 550 g/mol. The van der Waals surface area contributed by atoms with E-state index in [0.717, 1.165) is 16.1 Å². The summed E-state index contributed by atoms with van der Waals surface area (Å²) < 4.78 is 33.3. The van der Waals surface area contributed by atoms with Gasteiger partial charge in [-0.3, -0.25) is 19.6 Å². The normalized spacial score (nSPS) is 20.4. The molecule has 0 aromatic carbocycles. The number of anilines is 1. The number of aliphatic carboxylic acids is 1. The lowest BCUT2D eigenvalue weighted by atomic mass is 9.98. The van der Waals surface area contributed by atoms with E-state index >= 15 is 0 Å². The molecule has 2 atom stereocenters. The highest BCUT2D eigenvalue weighted by Crippen LogP contribution is 2.40. The molecule has 2 aliphatic rings. The number of carboxylic acids is 1. The van der Waals surface area contributed by atoms with Gasteiger partial charge in [-0.2, -0.15) is 23.4 Å². The Morgan fingerprint density at radius 2 is 2.11 bits per heavy atom. The highest BCUT2D eigenvalue weighted by molar-refractivity contribution is 7.84. The molecule has 1 saturated heterocycles. The molecule has 2 fully saturated rings. The molecular formula is C17H21N11O8S2. The van der Waals surface area contributed by atoms with Gasteiger partial charge >= 0.3 is 16.3 Å². The third kappa shape index (κ3) is 5.47. The minimum absolute atomic E-state index is 0.0372. The number of oxime groups is 1. The maximum atomic E-state index is 13.1. The van der Waals surface area contributed by atoms with Gasteiger partial charge < -0.3 is 32.0 Å². The maximum Gasteiger partial charge on any atom is 0.362 e. The average molecular weight is 572 g/mol. The molecule has 1 aliphatic heterocycles. The third-order valence-electron chi connectivity index (χ3n) is 5.48. The lowest BCUT2D eigenvalue weighted by Gasteiger charge is -2.43. The topological polar surface area (TPSA) is 294 Å². The Morgan fingerprint density at radius 1 is 1.39 bits per heavy atom. The van der Waals surface area contributed by atoms with E-state index in [4.69, 9.17) is 21.7 Å². The molecule has 3 heterocycles. The fourth-order valence-electron chi connectivity index (χ4n) is 3.40. The minimum atomic E-state index is -5.01. The van der Waals surface area contributed by atoms with E-state index in [9.17, 15) is 32.5 Å². The van der Waals surface area contributed by atoms with E-state index in [1.807, 2.05) is 0 Å². The van der Waals surface area contributed by atoms with Crippen molar-refractivity contribution in [2.45, 2.75) is 43.6 Å². The lowest BCUT2D eigenvalue weighted by Crippen LogP contribution is -2.73. The lowest BCUT2D eigenvalue weighted by molar-refractivity contribution is -0.153. The number of nitrogen functional groups attached to an aromatic ring is 1. The molecule has 2 aromatic heterocycles. The molecule has 9 N–H and O–H groups in total. The van der Waals surface area contributed by atoms with Crippen molar-refractivity contribution in [3.63, 3.8) is 0 Å². The molecule has 204 valence electrons. The van der Waals surface area contributed by atoms with Crippen molar-refractivity contribution < 1.29 is 37.3 Å². The van der Waals surface area contributed by atoms with Crippen LogP contribution in [0, 0.1) is 5.41 Å². The van der Waals surface area contributed by atoms with Crippen LogP contribution in [0.15, 0.2) is 16.7 Å². The standard InChI is InChI=1S/C17H21N11O8S2/c18-15(19)21-3-7-4-22-27(25-7)5-9-11(13(30)28(9)38(33,34)35)24-12(29)10(8-6-37-16(20)23-8)26-36-17(1-2-17)14(31)32/h4,6,9,11H,1-3,5H2,(H2,20,23)(H,24,29)(H,31,32)(H4,18,19,21)(H,33,34,35)/b26-10-. The van der Waals surface area contributed by atoms with Gasteiger partial charge in [-0.15, -0.1) is 11.3 Å². The molecule has 1 saturated carbocycles. The average Bonchev–Trinajstić information content (AvgIpc) is 3.29. The Balaban J connectivity index is 1.55. The molecule has 2 unspecified atom stereocenters. The van der Waals surface area contributed by atoms with Crippen molar-refractivity contribution in [2.24, 2.45) is 10.9 Å². The number of nitrogens with zero attached hydrogens (tertiary/aromatic N) is 6. The number of carbonyl (C=O) groups is 3. The summed E-state index contributed by atoms with van der Waals surface area (Å²) >= 11 is 0.959. The van der Waals surface area contributed by atoms with Crippen molar-refractivity contribution in [3.05, 3.63) is 23.0 Å². The van der Waals surface area contributed by atoms with Crippen LogP contribution < -0.4 is 22.1 Å². The molecule has 2 amide bonds. The predicted octanol–water partition coefficient (Wildman–Crippen LogP) is -3.16. The fourth-order valence-corrected chi connectivity index (χ4v) is 4.82. The van der Waals surface area contributed by atoms with E-state index in [-0.39, 0.29) is 47.0 Å². The van der Waals surface area contributed by atoms with Gasteiger partial charge in [-0.25, -0.2) is 14.1 Å². The van der Waals surface area contributed by atoms with Crippen molar-refractivity contribution in [3.8, 4) is 0 Å². The van der Waals surface area contributed by atoms with Crippen LogP contribution in [0.3, 0.4) is 0 Å². The Bertz CT molecular complexity index is 1430. The van der Waals surface area contributed by atoms with Gasteiger partial charge in [0.25, 0.3) is 11.8 Å². The Labute approximate surface area is 217 Å². The summed E-state index contributed by atoms with van der Waals surface area (Å²) in [5.41, 5.74) is 9.00. The van der Waals surface area contributed by atoms with E-state index in [1.165, 1.54) is 11.6 Å². The van der Waals surface area contributed by atoms with E-state index in [2.05, 4.69) is 31.0 Å². The van der Waals surface area contributed by atoms with Gasteiger partial charge in [-0.1, -0.05) is 5.16 Å². The van der Waals surface area contributed by atoms with Crippen molar-refractivity contribution in [1.29, 1.82) is 5.41 Å². The van der Waals surface area contributed by atoms with Crippen molar-refractivity contribution in [1.82, 2.24) is 34.9 Å². The SMILES string of the molecule is N=C(N)NCc1cnn(CC2C(NC(=O)/C(=N\OC3(C(=O)O)CC3)c3csc(N)n3)C(=O)N2S(=O)(=O)O)n1. The summed E-state index contributed by atoms with van der Waals surface area (Å²) in [6.45, 7) is -0.333. The Kier molecular flexibility index (Phi) is 6.90. The van der Waals surface area contributed by atoms with Gasteiger partial charge in [0.05, 0.1) is 19.3 Å². The number of amides is 2. The molecule has 0 spiro atoms. The molecule has 2 aromatic rings. The number of carbonyl (C=O) groups excluding carboxylic acids is 2. The number of rotatable bonds is 11. The second-order valence-corrected chi connectivity index (χ2v) is 10.4. The van der Waals surface area contributed by atoms with Crippen LogP contribution in [0.2, 0.25) is 0 Å². The zero-order chi connectivity index (χ0) is 27.8. The monoisotopic (exact) mass is 571 g/mol. The molecule has 0 radical (unpaired) electrons. The second-order valence-electron chi connectivity index (χ2n) is 8.19. The molecule has 1 aliphatic carbocycles. The third-order valence-corrected chi connectivity index (χ3v) is 7.11. The minimum Gasteiger partial charge on any atom is -0.478 e. The maximum absolute atomic E-state index is 13.1. The predicted molar refractivity (Wildman–Crippen MR) is 127 cm³/mol. The number of nitrogens with two attached hydrogens (primary N) is 2.